The van der Waals surface area contributed by atoms with Gasteiger partial charge in [0, 0.05) is 32.0 Å². The highest BCUT2D eigenvalue weighted by atomic mass is 16.5. The van der Waals surface area contributed by atoms with Gasteiger partial charge >= 0.3 is 0 Å². The summed E-state index contributed by atoms with van der Waals surface area (Å²) in [7, 11) is 1.86. The number of imidazole rings is 1. The van der Waals surface area contributed by atoms with Crippen molar-refractivity contribution in [1.82, 2.24) is 9.55 Å². The van der Waals surface area contributed by atoms with Gasteiger partial charge in [-0.15, -0.1) is 0 Å². The van der Waals surface area contributed by atoms with Gasteiger partial charge in [-0.1, -0.05) is 0 Å². The molecule has 0 spiro atoms. The van der Waals surface area contributed by atoms with E-state index in [4.69, 9.17) is 4.74 Å². The summed E-state index contributed by atoms with van der Waals surface area (Å²) in [5.41, 5.74) is -0.206. The molecule has 1 aromatic heterocycles. The molecule has 5 heteroatoms. The molecule has 1 saturated heterocycles. The lowest BCUT2D eigenvalue weighted by Gasteiger charge is -2.34. The van der Waals surface area contributed by atoms with Gasteiger partial charge < -0.3 is 9.30 Å². The Balaban J connectivity index is 1.99. The van der Waals surface area contributed by atoms with Gasteiger partial charge in [0.05, 0.1) is 5.60 Å². The zero-order valence-electron chi connectivity index (χ0n) is 10.6. The van der Waals surface area contributed by atoms with Crippen LogP contribution in [0.5, 0.6) is 0 Å². The van der Waals surface area contributed by atoms with E-state index in [1.54, 1.807) is 10.8 Å². The van der Waals surface area contributed by atoms with Crippen molar-refractivity contribution in [2.45, 2.75) is 32.3 Å². The largest absolute Gasteiger partial charge is 0.376 e. The fourth-order valence-electron chi connectivity index (χ4n) is 2.15. The number of nitrogens with one attached hydrogen (secondary N) is 1. The van der Waals surface area contributed by atoms with Gasteiger partial charge in [-0.2, -0.15) is 0 Å². The molecule has 0 radical (unpaired) electrons. The number of carbonyl (C=O) groups is 1. The van der Waals surface area contributed by atoms with Gasteiger partial charge in [-0.25, -0.2) is 4.98 Å². The molecular formula is C12H19N3O2. The van der Waals surface area contributed by atoms with Crippen molar-refractivity contribution in [3.8, 4) is 0 Å². The summed E-state index contributed by atoms with van der Waals surface area (Å²) in [5, 5.41) is 2.86. The number of anilines is 1. The summed E-state index contributed by atoms with van der Waals surface area (Å²) in [6.45, 7) is 4.69. The first-order valence-corrected chi connectivity index (χ1v) is 5.90. The predicted octanol–water partition coefficient (Wildman–Crippen LogP) is 1.56. The Hall–Kier alpha value is -1.36. The molecule has 1 fully saturated rings. The van der Waals surface area contributed by atoms with Crippen LogP contribution in [0.4, 0.5) is 5.95 Å². The van der Waals surface area contributed by atoms with Gasteiger partial charge in [0.2, 0.25) is 11.9 Å². The van der Waals surface area contributed by atoms with E-state index in [0.29, 0.717) is 12.6 Å². The molecule has 1 aliphatic rings. The first-order valence-electron chi connectivity index (χ1n) is 5.90. The summed E-state index contributed by atoms with van der Waals surface area (Å²) in [6, 6.07) is 0. The zero-order chi connectivity index (χ0) is 12.5. The van der Waals surface area contributed by atoms with Crippen LogP contribution in [0, 0.1) is 5.92 Å². The Morgan fingerprint density at radius 2 is 2.41 bits per heavy atom. The molecule has 2 heterocycles. The maximum Gasteiger partial charge on any atom is 0.229 e. The number of nitrogens with zero attached hydrogens (tertiary/aromatic N) is 2. The number of hydrogen-bond donors (Lipinski definition) is 1. The number of aromatic nitrogens is 2. The van der Waals surface area contributed by atoms with Crippen molar-refractivity contribution in [3.05, 3.63) is 12.4 Å². The first kappa shape index (κ1) is 12.1. The summed E-state index contributed by atoms with van der Waals surface area (Å²) < 4.78 is 7.40. The van der Waals surface area contributed by atoms with E-state index in [2.05, 4.69) is 10.3 Å². The van der Waals surface area contributed by atoms with Crippen molar-refractivity contribution in [2.24, 2.45) is 13.0 Å². The van der Waals surface area contributed by atoms with Crippen LogP contribution in [-0.4, -0.2) is 27.7 Å². The Bertz CT molecular complexity index is 412. The number of aryl methyl sites for hydroxylation is 1. The van der Waals surface area contributed by atoms with E-state index < -0.39 is 0 Å². The molecule has 2 rings (SSSR count). The number of hydrogen-bond acceptors (Lipinski definition) is 3. The number of ether oxygens (including phenoxy) is 1. The number of rotatable bonds is 2. The predicted molar refractivity (Wildman–Crippen MR) is 64.6 cm³/mol. The fraction of sp³-hybridized carbons (Fsp3) is 0.667. The van der Waals surface area contributed by atoms with Crippen molar-refractivity contribution in [3.63, 3.8) is 0 Å². The van der Waals surface area contributed by atoms with Crippen molar-refractivity contribution >= 4 is 11.9 Å². The van der Waals surface area contributed by atoms with Gasteiger partial charge in [0.15, 0.2) is 0 Å². The van der Waals surface area contributed by atoms with Gasteiger partial charge in [0.25, 0.3) is 0 Å². The Morgan fingerprint density at radius 1 is 1.65 bits per heavy atom. The normalized spacial score (nSPS) is 23.4. The van der Waals surface area contributed by atoms with Crippen LogP contribution in [0.15, 0.2) is 12.4 Å². The smallest absolute Gasteiger partial charge is 0.229 e. The molecule has 17 heavy (non-hydrogen) atoms. The molecule has 1 unspecified atom stereocenters. The Morgan fingerprint density at radius 3 is 3.00 bits per heavy atom. The average molecular weight is 237 g/mol. The maximum atomic E-state index is 12.1. The third-order valence-electron chi connectivity index (χ3n) is 3.12. The van der Waals surface area contributed by atoms with Gasteiger partial charge in [-0.3, -0.25) is 10.1 Å². The van der Waals surface area contributed by atoms with Crippen molar-refractivity contribution < 1.29 is 9.53 Å². The number of carbonyl (C=O) groups excluding carboxylic acids is 1. The standard InChI is InChI=1S/C12H19N3O2/c1-12(2)8-9(4-7-17-12)10(16)14-11-13-5-6-15(11)3/h5-6,9H,4,7-8H2,1-3H3,(H,13,14,16). The molecule has 1 amide bonds. The molecule has 1 aromatic rings. The molecule has 0 aromatic carbocycles. The van der Waals surface area contributed by atoms with Crippen LogP contribution in [0.1, 0.15) is 26.7 Å². The minimum Gasteiger partial charge on any atom is -0.376 e. The minimum absolute atomic E-state index is 0.00968. The van der Waals surface area contributed by atoms with Crippen LogP contribution >= 0.6 is 0 Å². The second-order valence-corrected chi connectivity index (χ2v) is 5.15. The SMILES string of the molecule is Cn1ccnc1NC(=O)C1CCOC(C)(C)C1. The first-order chi connectivity index (χ1) is 7.98. The van der Waals surface area contributed by atoms with Crippen LogP contribution in [-0.2, 0) is 16.6 Å². The summed E-state index contributed by atoms with van der Waals surface area (Å²) in [5.74, 6) is 0.644. The highest BCUT2D eigenvalue weighted by Crippen LogP contribution is 2.29. The zero-order valence-corrected chi connectivity index (χ0v) is 10.6. The summed E-state index contributed by atoms with van der Waals surface area (Å²) in [6.07, 6.45) is 5.01. The van der Waals surface area contributed by atoms with Crippen molar-refractivity contribution in [1.29, 1.82) is 0 Å². The second kappa shape index (κ2) is 4.49. The molecule has 0 bridgehead atoms. The van der Waals surface area contributed by atoms with E-state index in [1.165, 1.54) is 0 Å². The monoisotopic (exact) mass is 237 g/mol. The molecule has 94 valence electrons. The molecular weight excluding hydrogens is 218 g/mol. The molecule has 1 atom stereocenters. The molecule has 0 saturated carbocycles. The number of amides is 1. The third-order valence-corrected chi connectivity index (χ3v) is 3.12. The Labute approximate surface area is 101 Å². The van der Waals surface area contributed by atoms with E-state index in [9.17, 15) is 4.79 Å². The van der Waals surface area contributed by atoms with Crippen LogP contribution in [0.3, 0.4) is 0 Å². The average Bonchev–Trinajstić information content (AvgIpc) is 2.63. The van der Waals surface area contributed by atoms with Gasteiger partial charge in [-0.05, 0) is 26.7 Å². The molecule has 1 N–H and O–H groups in total. The highest BCUT2D eigenvalue weighted by Gasteiger charge is 2.33. The van der Waals surface area contributed by atoms with Crippen LogP contribution in [0.2, 0.25) is 0 Å². The fourth-order valence-corrected chi connectivity index (χ4v) is 2.15. The third kappa shape index (κ3) is 2.85. The highest BCUT2D eigenvalue weighted by molar-refractivity contribution is 5.91. The molecule has 5 nitrogen and oxygen atoms in total. The maximum absolute atomic E-state index is 12.1. The minimum atomic E-state index is -0.206. The molecule has 1 aliphatic heterocycles. The molecule has 0 aliphatic carbocycles. The van der Waals surface area contributed by atoms with Crippen molar-refractivity contribution in [2.75, 3.05) is 11.9 Å². The Kier molecular flexibility index (Phi) is 3.19. The quantitative estimate of drug-likeness (QED) is 0.849. The lowest BCUT2D eigenvalue weighted by Crippen LogP contribution is -2.39. The summed E-state index contributed by atoms with van der Waals surface area (Å²) in [4.78, 5) is 16.2. The van der Waals surface area contributed by atoms with Gasteiger partial charge in [0.1, 0.15) is 0 Å². The lowest BCUT2D eigenvalue weighted by molar-refractivity contribution is -0.130. The van der Waals surface area contributed by atoms with E-state index in [-0.39, 0.29) is 17.4 Å². The van der Waals surface area contributed by atoms with Crippen LogP contribution < -0.4 is 5.32 Å². The van der Waals surface area contributed by atoms with E-state index in [0.717, 1.165) is 12.8 Å². The summed E-state index contributed by atoms with van der Waals surface area (Å²) >= 11 is 0. The van der Waals surface area contributed by atoms with Crippen LogP contribution in [0.25, 0.3) is 0 Å². The second-order valence-electron chi connectivity index (χ2n) is 5.15. The lowest BCUT2D eigenvalue weighted by atomic mass is 9.88. The van der Waals surface area contributed by atoms with E-state index >= 15 is 0 Å². The van der Waals surface area contributed by atoms with E-state index in [1.807, 2.05) is 27.1 Å². The topological polar surface area (TPSA) is 56.2 Å².